The zero-order valence-electron chi connectivity index (χ0n) is 27.7. The van der Waals surface area contributed by atoms with E-state index in [1.54, 1.807) is 17.0 Å². The van der Waals surface area contributed by atoms with E-state index < -0.39 is 5.60 Å². The first kappa shape index (κ1) is 32.6. The molecule has 6 rings (SSSR count). The first-order valence-electron chi connectivity index (χ1n) is 16.6. The van der Waals surface area contributed by atoms with Crippen LogP contribution in [-0.2, 0) is 9.47 Å². The molecule has 0 saturated carbocycles. The van der Waals surface area contributed by atoms with E-state index in [0.29, 0.717) is 43.4 Å². The topological polar surface area (TPSA) is 130 Å². The van der Waals surface area contributed by atoms with Gasteiger partial charge < -0.3 is 39.8 Å². The standard InChI is InChI=1S/C35H47N7O5/c1-34(2,3)47-33(44)41-17-15-39(16-18-41)19-21-45-27-8-6-7-26(23-27)42-20-22-46-35(25-42)11-13-40(14-12-35)30-24-29(37-38-32(30)36)28-9-4-5-10-31(28)43/h4-10,23-24,43H,11-22,25H2,1-3H3,(H2,36,38). The summed E-state index contributed by atoms with van der Waals surface area (Å²) in [5, 5.41) is 18.8. The van der Waals surface area contributed by atoms with E-state index in [9.17, 15) is 9.90 Å². The van der Waals surface area contributed by atoms with E-state index in [1.165, 1.54) is 0 Å². The summed E-state index contributed by atoms with van der Waals surface area (Å²) in [7, 11) is 0. The normalized spacial score (nSPS) is 18.7. The zero-order valence-corrected chi connectivity index (χ0v) is 27.7. The lowest BCUT2D eigenvalue weighted by Crippen LogP contribution is -2.57. The average Bonchev–Trinajstić information content (AvgIpc) is 3.06. The molecule has 1 aromatic heterocycles. The Hall–Kier alpha value is -4.29. The lowest BCUT2D eigenvalue weighted by atomic mass is 9.88. The molecule has 3 aliphatic rings. The fourth-order valence-electron chi connectivity index (χ4n) is 6.53. The second-order valence-corrected chi connectivity index (χ2v) is 13.6. The van der Waals surface area contributed by atoms with Gasteiger partial charge in [-0.2, -0.15) is 0 Å². The van der Waals surface area contributed by atoms with Crippen LogP contribution in [0.25, 0.3) is 11.3 Å². The third-order valence-corrected chi connectivity index (χ3v) is 9.13. The number of piperazine rings is 1. The number of anilines is 3. The fourth-order valence-corrected chi connectivity index (χ4v) is 6.53. The molecule has 1 amide bonds. The van der Waals surface area contributed by atoms with E-state index >= 15 is 0 Å². The van der Waals surface area contributed by atoms with E-state index in [2.05, 4.69) is 43.1 Å². The molecule has 47 heavy (non-hydrogen) atoms. The Morgan fingerprint density at radius 2 is 1.72 bits per heavy atom. The molecule has 0 bridgehead atoms. The van der Waals surface area contributed by atoms with Crippen LogP contribution in [-0.4, -0.2) is 115 Å². The highest BCUT2D eigenvalue weighted by Gasteiger charge is 2.40. The quantitative estimate of drug-likeness (QED) is 0.383. The number of carbonyl (C=O) groups is 1. The van der Waals surface area contributed by atoms with E-state index in [1.807, 2.05) is 45.0 Å². The predicted molar refractivity (Wildman–Crippen MR) is 182 cm³/mol. The molecule has 2 aromatic carbocycles. The molecule has 12 heteroatoms. The van der Waals surface area contributed by atoms with E-state index in [0.717, 1.165) is 75.8 Å². The average molecular weight is 646 g/mol. The van der Waals surface area contributed by atoms with Crippen molar-refractivity contribution < 1.29 is 24.1 Å². The summed E-state index contributed by atoms with van der Waals surface area (Å²) in [5.41, 5.74) is 8.74. The Balaban J connectivity index is 1.00. The van der Waals surface area contributed by atoms with Gasteiger partial charge in [0.1, 0.15) is 23.7 Å². The van der Waals surface area contributed by atoms with Crippen LogP contribution in [0.4, 0.5) is 22.0 Å². The molecule has 0 atom stereocenters. The minimum Gasteiger partial charge on any atom is -0.507 e. The van der Waals surface area contributed by atoms with Crippen LogP contribution in [0, 0.1) is 0 Å². The Morgan fingerprint density at radius 1 is 0.957 bits per heavy atom. The van der Waals surface area contributed by atoms with Crippen molar-refractivity contribution in [3.63, 3.8) is 0 Å². The summed E-state index contributed by atoms with van der Waals surface area (Å²) in [6, 6.07) is 17.4. The van der Waals surface area contributed by atoms with Gasteiger partial charge >= 0.3 is 6.09 Å². The molecular weight excluding hydrogens is 598 g/mol. The number of phenolic OH excluding ortho intramolecular Hbond substituents is 1. The number of amides is 1. The Kier molecular flexibility index (Phi) is 9.60. The smallest absolute Gasteiger partial charge is 0.410 e. The predicted octanol–water partition coefficient (Wildman–Crippen LogP) is 4.24. The number of aromatic hydroxyl groups is 1. The van der Waals surface area contributed by atoms with Crippen molar-refractivity contribution >= 4 is 23.3 Å². The number of ether oxygens (including phenoxy) is 3. The van der Waals surface area contributed by atoms with Gasteiger partial charge in [0, 0.05) is 76.2 Å². The van der Waals surface area contributed by atoms with Crippen LogP contribution in [0.1, 0.15) is 33.6 Å². The number of nitrogen functional groups attached to an aromatic ring is 1. The molecule has 3 saturated heterocycles. The summed E-state index contributed by atoms with van der Waals surface area (Å²) >= 11 is 0. The number of nitrogens with zero attached hydrogens (tertiary/aromatic N) is 6. The molecule has 4 heterocycles. The summed E-state index contributed by atoms with van der Waals surface area (Å²) < 4.78 is 18.2. The maximum atomic E-state index is 12.4. The molecule has 0 unspecified atom stereocenters. The van der Waals surface area contributed by atoms with Crippen molar-refractivity contribution in [1.82, 2.24) is 20.0 Å². The monoisotopic (exact) mass is 645 g/mol. The maximum absolute atomic E-state index is 12.4. The van der Waals surface area contributed by atoms with Crippen LogP contribution in [0.3, 0.4) is 0 Å². The molecule has 1 spiro atoms. The number of morpholine rings is 1. The lowest BCUT2D eigenvalue weighted by molar-refractivity contribution is -0.0704. The molecule has 252 valence electrons. The third kappa shape index (κ3) is 7.99. The highest BCUT2D eigenvalue weighted by molar-refractivity contribution is 5.74. The summed E-state index contributed by atoms with van der Waals surface area (Å²) in [4.78, 5) is 21.1. The van der Waals surface area contributed by atoms with Crippen LogP contribution in [0.15, 0.2) is 54.6 Å². The van der Waals surface area contributed by atoms with Crippen LogP contribution >= 0.6 is 0 Å². The molecule has 3 N–H and O–H groups in total. The maximum Gasteiger partial charge on any atom is 0.410 e. The van der Waals surface area contributed by atoms with Gasteiger partial charge in [0.25, 0.3) is 0 Å². The van der Waals surface area contributed by atoms with Gasteiger partial charge in [-0.05, 0) is 63.9 Å². The largest absolute Gasteiger partial charge is 0.507 e. The van der Waals surface area contributed by atoms with Gasteiger partial charge in [-0.1, -0.05) is 18.2 Å². The van der Waals surface area contributed by atoms with Gasteiger partial charge in [-0.3, -0.25) is 4.90 Å². The Labute approximate surface area is 277 Å². The summed E-state index contributed by atoms with van der Waals surface area (Å²) in [6.07, 6.45) is 1.47. The minimum absolute atomic E-state index is 0.162. The number of rotatable bonds is 7. The second-order valence-electron chi connectivity index (χ2n) is 13.6. The van der Waals surface area contributed by atoms with Crippen molar-refractivity contribution in [2.45, 2.75) is 44.8 Å². The van der Waals surface area contributed by atoms with Gasteiger partial charge in [-0.25, -0.2) is 4.79 Å². The van der Waals surface area contributed by atoms with E-state index in [4.69, 9.17) is 19.9 Å². The first-order valence-corrected chi connectivity index (χ1v) is 16.6. The SMILES string of the molecule is CC(C)(C)OC(=O)N1CCN(CCOc2cccc(N3CCOC4(CCN(c5cc(-c6ccccc6O)nnc5N)CC4)C3)c2)CC1. The number of phenols is 1. The number of para-hydroxylation sites is 1. The van der Waals surface area contributed by atoms with E-state index in [-0.39, 0.29) is 17.4 Å². The first-order chi connectivity index (χ1) is 22.6. The van der Waals surface area contributed by atoms with Gasteiger partial charge in [-0.15, -0.1) is 10.2 Å². The van der Waals surface area contributed by atoms with Gasteiger partial charge in [0.2, 0.25) is 0 Å². The van der Waals surface area contributed by atoms with Crippen LogP contribution in [0.2, 0.25) is 0 Å². The van der Waals surface area contributed by atoms with Crippen LogP contribution in [0.5, 0.6) is 11.5 Å². The summed E-state index contributed by atoms with van der Waals surface area (Å²) in [5.74, 6) is 1.40. The van der Waals surface area contributed by atoms with Crippen LogP contribution < -0.4 is 20.3 Å². The van der Waals surface area contributed by atoms with Crippen molar-refractivity contribution in [3.05, 3.63) is 54.6 Å². The molecule has 3 aromatic rings. The number of hydrogen-bond donors (Lipinski definition) is 2. The van der Waals surface area contributed by atoms with Crippen molar-refractivity contribution in [3.8, 4) is 22.8 Å². The number of hydrogen-bond acceptors (Lipinski definition) is 11. The molecular formula is C35H47N7O5. The molecule has 12 nitrogen and oxygen atoms in total. The molecule has 0 aliphatic carbocycles. The summed E-state index contributed by atoms with van der Waals surface area (Å²) in [6.45, 7) is 13.8. The number of carbonyl (C=O) groups excluding carboxylic acids is 1. The number of benzene rings is 2. The Morgan fingerprint density at radius 3 is 2.47 bits per heavy atom. The number of piperidine rings is 1. The minimum atomic E-state index is -0.482. The second kappa shape index (κ2) is 13.8. The molecule has 3 aliphatic heterocycles. The van der Waals surface area contributed by atoms with Crippen molar-refractivity contribution in [1.29, 1.82) is 0 Å². The Bertz CT molecular complexity index is 1530. The highest BCUT2D eigenvalue weighted by Crippen LogP contribution is 2.37. The fraction of sp³-hybridized carbons (Fsp3) is 0.514. The number of aromatic nitrogens is 2. The highest BCUT2D eigenvalue weighted by atomic mass is 16.6. The number of nitrogens with two attached hydrogens (primary N) is 1. The molecule has 3 fully saturated rings. The van der Waals surface area contributed by atoms with Gasteiger partial charge in [0.15, 0.2) is 5.82 Å². The lowest BCUT2D eigenvalue weighted by Gasteiger charge is -2.48. The molecule has 0 radical (unpaired) electrons. The zero-order chi connectivity index (χ0) is 33.0. The van der Waals surface area contributed by atoms with Crippen molar-refractivity contribution in [2.24, 2.45) is 0 Å². The van der Waals surface area contributed by atoms with Gasteiger partial charge in [0.05, 0.1) is 23.6 Å². The van der Waals surface area contributed by atoms with Crippen molar-refractivity contribution in [2.75, 3.05) is 87.7 Å². The third-order valence-electron chi connectivity index (χ3n) is 9.13.